The minimum Gasteiger partial charge on any atom is -0.497 e. The van der Waals surface area contributed by atoms with Gasteiger partial charge in [-0.3, -0.25) is 9.69 Å². The largest absolute Gasteiger partial charge is 0.497 e. The van der Waals surface area contributed by atoms with E-state index in [0.717, 1.165) is 24.0 Å². The second-order valence-electron chi connectivity index (χ2n) is 7.88. The van der Waals surface area contributed by atoms with Gasteiger partial charge in [0.1, 0.15) is 5.75 Å². The van der Waals surface area contributed by atoms with Crippen molar-refractivity contribution in [2.45, 2.75) is 6.54 Å². The van der Waals surface area contributed by atoms with Gasteiger partial charge in [0.15, 0.2) is 5.82 Å². The molecule has 1 aromatic heterocycles. The second kappa shape index (κ2) is 8.80. The molecule has 0 saturated carbocycles. The number of nitrogens with zero attached hydrogens (tertiary/aromatic N) is 4. The minimum atomic E-state index is 0.0294. The van der Waals surface area contributed by atoms with Crippen LogP contribution in [0.3, 0.4) is 0 Å². The van der Waals surface area contributed by atoms with Gasteiger partial charge in [0.25, 0.3) is 11.8 Å². The Labute approximate surface area is 186 Å². The molecule has 1 saturated heterocycles. The lowest BCUT2D eigenvalue weighted by molar-refractivity contribution is 0.0624. The van der Waals surface area contributed by atoms with Crippen LogP contribution in [-0.4, -0.2) is 59.1 Å². The van der Waals surface area contributed by atoms with E-state index in [4.69, 9.17) is 9.26 Å². The number of aromatic nitrogens is 2. The normalized spacial score (nSPS) is 14.6. The van der Waals surface area contributed by atoms with Crippen LogP contribution in [-0.2, 0) is 6.54 Å². The molecule has 0 unspecified atom stereocenters. The van der Waals surface area contributed by atoms with Gasteiger partial charge in [-0.2, -0.15) is 4.98 Å². The monoisotopic (exact) mass is 428 g/mol. The Bertz CT molecular complexity index is 1240. The SMILES string of the molecule is COc1cccc(C(=O)N2CCN(Cc3noc(-c4ccc5ccccc5c4)n3)CC2)c1. The van der Waals surface area contributed by atoms with E-state index >= 15 is 0 Å². The van der Waals surface area contributed by atoms with Crippen molar-refractivity contribution in [2.75, 3.05) is 33.3 Å². The Morgan fingerprint density at radius 1 is 0.969 bits per heavy atom. The Kier molecular flexibility index (Phi) is 5.56. The van der Waals surface area contributed by atoms with Crippen molar-refractivity contribution in [1.82, 2.24) is 19.9 Å². The minimum absolute atomic E-state index is 0.0294. The summed E-state index contributed by atoms with van der Waals surface area (Å²) in [6.07, 6.45) is 0. The van der Waals surface area contributed by atoms with E-state index in [2.05, 4.69) is 39.3 Å². The van der Waals surface area contributed by atoms with E-state index in [0.29, 0.717) is 42.7 Å². The van der Waals surface area contributed by atoms with E-state index < -0.39 is 0 Å². The van der Waals surface area contributed by atoms with Crippen molar-refractivity contribution in [1.29, 1.82) is 0 Å². The van der Waals surface area contributed by atoms with Gasteiger partial charge in [0.05, 0.1) is 13.7 Å². The first kappa shape index (κ1) is 20.2. The summed E-state index contributed by atoms with van der Waals surface area (Å²) >= 11 is 0. The van der Waals surface area contributed by atoms with Gasteiger partial charge in [-0.1, -0.05) is 41.6 Å². The Balaban J connectivity index is 1.20. The number of hydrogen-bond donors (Lipinski definition) is 0. The van der Waals surface area contributed by atoms with Gasteiger partial charge >= 0.3 is 0 Å². The molecule has 7 heteroatoms. The van der Waals surface area contributed by atoms with E-state index in [1.807, 2.05) is 41.3 Å². The molecule has 1 aliphatic heterocycles. The van der Waals surface area contributed by atoms with Crippen LogP contribution in [0.5, 0.6) is 5.75 Å². The van der Waals surface area contributed by atoms with Crippen LogP contribution in [0.2, 0.25) is 0 Å². The fraction of sp³-hybridized carbons (Fsp3) is 0.240. The summed E-state index contributed by atoms with van der Waals surface area (Å²) < 4.78 is 10.7. The molecule has 0 N–H and O–H groups in total. The number of carbonyl (C=O) groups is 1. The summed E-state index contributed by atoms with van der Waals surface area (Å²) in [6, 6.07) is 21.6. The number of piperazine rings is 1. The third-order valence-electron chi connectivity index (χ3n) is 5.81. The third-order valence-corrected chi connectivity index (χ3v) is 5.81. The summed E-state index contributed by atoms with van der Waals surface area (Å²) in [5, 5.41) is 6.48. The molecule has 162 valence electrons. The topological polar surface area (TPSA) is 71.7 Å². The third kappa shape index (κ3) is 4.20. The summed E-state index contributed by atoms with van der Waals surface area (Å²) in [6.45, 7) is 3.43. The van der Waals surface area contributed by atoms with E-state index in [9.17, 15) is 4.79 Å². The van der Waals surface area contributed by atoms with Crippen molar-refractivity contribution in [3.05, 3.63) is 78.1 Å². The first-order valence-corrected chi connectivity index (χ1v) is 10.7. The molecule has 0 bridgehead atoms. The predicted molar refractivity (Wildman–Crippen MR) is 121 cm³/mol. The number of ether oxygens (including phenoxy) is 1. The van der Waals surface area contributed by atoms with Crippen LogP contribution in [0.1, 0.15) is 16.2 Å². The maximum atomic E-state index is 12.8. The van der Waals surface area contributed by atoms with Crippen molar-refractivity contribution in [3.63, 3.8) is 0 Å². The van der Waals surface area contributed by atoms with E-state index in [1.54, 1.807) is 13.2 Å². The lowest BCUT2D eigenvalue weighted by atomic mass is 10.1. The molecule has 5 rings (SSSR count). The lowest BCUT2D eigenvalue weighted by Gasteiger charge is -2.34. The first-order chi connectivity index (χ1) is 15.7. The Morgan fingerprint density at radius 2 is 1.78 bits per heavy atom. The zero-order chi connectivity index (χ0) is 21.9. The number of amides is 1. The molecular formula is C25H24N4O3. The lowest BCUT2D eigenvalue weighted by Crippen LogP contribution is -2.48. The van der Waals surface area contributed by atoms with Crippen LogP contribution in [0.25, 0.3) is 22.2 Å². The molecule has 0 aliphatic carbocycles. The van der Waals surface area contributed by atoms with Crippen molar-refractivity contribution in [3.8, 4) is 17.2 Å². The molecule has 0 radical (unpaired) electrons. The molecule has 1 aliphatic rings. The van der Waals surface area contributed by atoms with Gasteiger partial charge in [-0.05, 0) is 41.1 Å². The standard InChI is InChI=1S/C25H24N4O3/c1-31-22-8-4-7-21(16-22)25(30)29-13-11-28(12-14-29)17-23-26-24(32-27-23)20-10-9-18-5-2-3-6-19(18)15-20/h2-10,15-16H,11-14,17H2,1H3. The average Bonchev–Trinajstić information content (AvgIpc) is 3.32. The summed E-state index contributed by atoms with van der Waals surface area (Å²) in [7, 11) is 1.60. The predicted octanol–water partition coefficient (Wildman–Crippen LogP) is 3.86. The number of carbonyl (C=O) groups excluding carboxylic acids is 1. The highest BCUT2D eigenvalue weighted by molar-refractivity contribution is 5.94. The molecular weight excluding hydrogens is 404 g/mol. The van der Waals surface area contributed by atoms with Crippen LogP contribution in [0.15, 0.2) is 71.3 Å². The molecule has 3 aromatic carbocycles. The van der Waals surface area contributed by atoms with Gasteiger partial charge in [0.2, 0.25) is 0 Å². The quantitative estimate of drug-likeness (QED) is 0.481. The summed E-state index contributed by atoms with van der Waals surface area (Å²) in [4.78, 5) is 21.5. The van der Waals surface area contributed by atoms with Crippen molar-refractivity contribution < 1.29 is 14.1 Å². The number of hydrogen-bond acceptors (Lipinski definition) is 6. The van der Waals surface area contributed by atoms with Crippen LogP contribution in [0.4, 0.5) is 0 Å². The molecule has 2 heterocycles. The van der Waals surface area contributed by atoms with Crippen molar-refractivity contribution in [2.24, 2.45) is 0 Å². The zero-order valence-electron chi connectivity index (χ0n) is 17.9. The Hall–Kier alpha value is -3.71. The van der Waals surface area contributed by atoms with Crippen LogP contribution in [0, 0.1) is 0 Å². The number of methoxy groups -OCH3 is 1. The molecule has 4 aromatic rings. The van der Waals surface area contributed by atoms with E-state index in [-0.39, 0.29) is 5.91 Å². The molecule has 32 heavy (non-hydrogen) atoms. The number of rotatable bonds is 5. The first-order valence-electron chi connectivity index (χ1n) is 10.7. The Morgan fingerprint density at radius 3 is 2.59 bits per heavy atom. The zero-order valence-corrected chi connectivity index (χ0v) is 17.9. The van der Waals surface area contributed by atoms with Crippen LogP contribution < -0.4 is 4.74 Å². The van der Waals surface area contributed by atoms with Gasteiger partial charge in [-0.15, -0.1) is 0 Å². The summed E-state index contributed by atoms with van der Waals surface area (Å²) in [5.41, 5.74) is 1.56. The molecule has 0 atom stereocenters. The highest BCUT2D eigenvalue weighted by Gasteiger charge is 2.23. The molecule has 1 fully saturated rings. The highest BCUT2D eigenvalue weighted by atomic mass is 16.5. The van der Waals surface area contributed by atoms with Gasteiger partial charge < -0.3 is 14.2 Å². The number of fused-ring (bicyclic) bond motifs is 1. The second-order valence-corrected chi connectivity index (χ2v) is 7.88. The summed E-state index contributed by atoms with van der Waals surface area (Å²) in [5.74, 6) is 1.90. The van der Waals surface area contributed by atoms with Crippen molar-refractivity contribution >= 4 is 16.7 Å². The fourth-order valence-corrected chi connectivity index (χ4v) is 4.01. The van der Waals surface area contributed by atoms with Gasteiger partial charge in [0, 0.05) is 37.3 Å². The van der Waals surface area contributed by atoms with E-state index in [1.165, 1.54) is 5.39 Å². The molecule has 1 amide bonds. The highest BCUT2D eigenvalue weighted by Crippen LogP contribution is 2.23. The maximum Gasteiger partial charge on any atom is 0.257 e. The molecule has 0 spiro atoms. The fourth-order valence-electron chi connectivity index (χ4n) is 4.01. The average molecular weight is 428 g/mol. The maximum absolute atomic E-state index is 12.8. The number of benzene rings is 3. The molecule has 7 nitrogen and oxygen atoms in total. The smallest absolute Gasteiger partial charge is 0.257 e. The van der Waals surface area contributed by atoms with Gasteiger partial charge in [-0.25, -0.2) is 0 Å². The van der Waals surface area contributed by atoms with Crippen LogP contribution >= 0.6 is 0 Å².